The lowest BCUT2D eigenvalue weighted by atomic mass is 10.1. The van der Waals surface area contributed by atoms with Crippen molar-refractivity contribution in [3.8, 4) is 5.75 Å². The van der Waals surface area contributed by atoms with Gasteiger partial charge in [0.2, 0.25) is 5.78 Å². The first-order chi connectivity index (χ1) is 12.6. The first-order valence-electron chi connectivity index (χ1n) is 8.50. The highest BCUT2D eigenvalue weighted by Crippen LogP contribution is 2.19. The van der Waals surface area contributed by atoms with Crippen molar-refractivity contribution in [1.82, 2.24) is 4.57 Å². The van der Waals surface area contributed by atoms with E-state index < -0.39 is 0 Å². The Hall–Kier alpha value is -3.14. The summed E-state index contributed by atoms with van der Waals surface area (Å²) in [6, 6.07) is 18.8. The van der Waals surface area contributed by atoms with Crippen LogP contribution in [0.15, 0.2) is 60.7 Å². The predicted molar refractivity (Wildman–Crippen MR) is 101 cm³/mol. The first-order valence-corrected chi connectivity index (χ1v) is 8.50. The van der Waals surface area contributed by atoms with E-state index in [0.717, 1.165) is 24.2 Å². The fraction of sp³-hybridized carbons (Fsp3) is 0.182. The molecule has 1 aromatic heterocycles. The molecule has 0 amide bonds. The second-order valence-corrected chi connectivity index (χ2v) is 6.26. The fourth-order valence-electron chi connectivity index (χ4n) is 2.96. The van der Waals surface area contributed by atoms with E-state index in [9.17, 15) is 9.59 Å². The zero-order valence-electron chi connectivity index (χ0n) is 14.9. The highest BCUT2D eigenvalue weighted by Gasteiger charge is 2.16. The summed E-state index contributed by atoms with van der Waals surface area (Å²) in [4.78, 5) is 23.3. The summed E-state index contributed by atoms with van der Waals surface area (Å²) < 4.78 is 7.71. The van der Waals surface area contributed by atoms with Gasteiger partial charge in [0, 0.05) is 29.1 Å². The second-order valence-electron chi connectivity index (χ2n) is 6.26. The number of ether oxygens (including phenoxy) is 1. The number of carbonyl (C=O) groups is 2. The van der Waals surface area contributed by atoms with E-state index in [2.05, 4.69) is 16.7 Å². The smallest absolute Gasteiger partial charge is 0.202 e. The van der Waals surface area contributed by atoms with Crippen molar-refractivity contribution in [3.63, 3.8) is 0 Å². The highest BCUT2D eigenvalue weighted by molar-refractivity contribution is 5.98. The molecule has 0 bridgehead atoms. The van der Waals surface area contributed by atoms with Gasteiger partial charge >= 0.3 is 0 Å². The molecule has 0 fully saturated rings. The number of benzene rings is 2. The molecule has 0 aliphatic rings. The van der Waals surface area contributed by atoms with E-state index in [1.165, 1.54) is 5.56 Å². The summed E-state index contributed by atoms with van der Waals surface area (Å²) in [7, 11) is 0. The summed E-state index contributed by atoms with van der Waals surface area (Å²) in [6.07, 6.45) is 0.774. The molecule has 1 heterocycles. The second kappa shape index (κ2) is 7.83. The third-order valence-corrected chi connectivity index (χ3v) is 4.44. The first kappa shape index (κ1) is 17.7. The number of hydrogen-bond acceptors (Lipinski definition) is 3. The number of Topliss-reactive ketones (excluding diaryl/α,β-unsaturated/α-hetero) is 1. The quantitative estimate of drug-likeness (QED) is 0.475. The van der Waals surface area contributed by atoms with Gasteiger partial charge in [-0.05, 0) is 49.7 Å². The number of carbonyl (C=O) groups excluding carboxylic acids is 2. The monoisotopic (exact) mass is 347 g/mol. The SMILES string of the molecule is Cc1cc(C(=O)COc2ccc(C=O)cc2)c(C)n1Cc1ccccc1. The van der Waals surface area contributed by atoms with Crippen LogP contribution in [-0.2, 0) is 6.54 Å². The Morgan fingerprint density at radius 3 is 2.38 bits per heavy atom. The van der Waals surface area contributed by atoms with Gasteiger partial charge in [0.1, 0.15) is 12.0 Å². The minimum atomic E-state index is -0.0584. The molecule has 3 aromatic rings. The van der Waals surface area contributed by atoms with Gasteiger partial charge in [0.05, 0.1) is 0 Å². The number of hydrogen-bond donors (Lipinski definition) is 0. The van der Waals surface area contributed by atoms with Crippen LogP contribution in [0.1, 0.15) is 37.7 Å². The molecule has 0 unspecified atom stereocenters. The van der Waals surface area contributed by atoms with Gasteiger partial charge in [-0.2, -0.15) is 0 Å². The zero-order chi connectivity index (χ0) is 18.5. The number of ketones is 1. The van der Waals surface area contributed by atoms with E-state index in [-0.39, 0.29) is 12.4 Å². The van der Waals surface area contributed by atoms with E-state index in [4.69, 9.17) is 4.74 Å². The average molecular weight is 347 g/mol. The topological polar surface area (TPSA) is 48.3 Å². The molecular weight excluding hydrogens is 326 g/mol. The lowest BCUT2D eigenvalue weighted by Gasteiger charge is -2.10. The number of aryl methyl sites for hydroxylation is 1. The predicted octanol–water partition coefficient (Wildman–Crippen LogP) is 4.23. The van der Waals surface area contributed by atoms with E-state index >= 15 is 0 Å². The van der Waals surface area contributed by atoms with Gasteiger partial charge in [-0.3, -0.25) is 9.59 Å². The molecule has 4 heteroatoms. The van der Waals surface area contributed by atoms with Crippen molar-refractivity contribution in [3.05, 3.63) is 88.7 Å². The molecule has 2 aromatic carbocycles. The van der Waals surface area contributed by atoms with Crippen LogP contribution in [0.25, 0.3) is 0 Å². The molecule has 0 N–H and O–H groups in total. The zero-order valence-corrected chi connectivity index (χ0v) is 14.9. The fourth-order valence-corrected chi connectivity index (χ4v) is 2.96. The van der Waals surface area contributed by atoms with E-state index in [1.54, 1.807) is 24.3 Å². The van der Waals surface area contributed by atoms with E-state index in [0.29, 0.717) is 16.9 Å². The normalized spacial score (nSPS) is 10.5. The Balaban J connectivity index is 1.71. The number of rotatable bonds is 7. The largest absolute Gasteiger partial charge is 0.485 e. The van der Waals surface area contributed by atoms with Crippen LogP contribution in [0, 0.1) is 13.8 Å². The van der Waals surface area contributed by atoms with Gasteiger partial charge in [0.15, 0.2) is 6.61 Å². The van der Waals surface area contributed by atoms with Crippen LogP contribution < -0.4 is 4.74 Å². The molecule has 0 radical (unpaired) electrons. The molecule has 0 saturated heterocycles. The molecule has 0 aliphatic heterocycles. The van der Waals surface area contributed by atoms with E-state index in [1.807, 2.05) is 38.1 Å². The highest BCUT2D eigenvalue weighted by atomic mass is 16.5. The molecule has 3 rings (SSSR count). The summed E-state index contributed by atoms with van der Waals surface area (Å²) in [6.45, 7) is 4.67. The van der Waals surface area contributed by atoms with Crippen LogP contribution in [0.4, 0.5) is 0 Å². The van der Waals surface area contributed by atoms with Crippen molar-refractivity contribution >= 4 is 12.1 Å². The summed E-state index contributed by atoms with van der Waals surface area (Å²) in [5.74, 6) is 0.513. The molecule has 0 atom stereocenters. The third kappa shape index (κ3) is 3.91. The minimum absolute atomic E-state index is 0.0317. The van der Waals surface area contributed by atoms with Gasteiger partial charge in [-0.1, -0.05) is 30.3 Å². The van der Waals surface area contributed by atoms with Crippen molar-refractivity contribution < 1.29 is 14.3 Å². The van der Waals surface area contributed by atoms with Crippen LogP contribution in [0.5, 0.6) is 5.75 Å². The lowest BCUT2D eigenvalue weighted by Crippen LogP contribution is -2.13. The lowest BCUT2D eigenvalue weighted by molar-refractivity contribution is 0.0920. The Morgan fingerprint density at radius 2 is 1.73 bits per heavy atom. The maximum Gasteiger partial charge on any atom is 0.202 e. The molecule has 0 spiro atoms. The average Bonchev–Trinajstić information content (AvgIpc) is 2.95. The van der Waals surface area contributed by atoms with Crippen LogP contribution in [-0.4, -0.2) is 23.2 Å². The maximum absolute atomic E-state index is 12.6. The Labute approximate surface area is 153 Å². The van der Waals surface area contributed by atoms with Crippen molar-refractivity contribution in [2.24, 2.45) is 0 Å². The standard InChI is InChI=1S/C22H21NO3/c1-16-12-21(17(2)23(16)13-18-6-4-3-5-7-18)22(25)15-26-20-10-8-19(14-24)9-11-20/h3-12,14H,13,15H2,1-2H3. The summed E-state index contributed by atoms with van der Waals surface area (Å²) >= 11 is 0. The van der Waals surface area contributed by atoms with Gasteiger partial charge < -0.3 is 9.30 Å². The molecule has 0 aliphatic carbocycles. The number of aromatic nitrogens is 1. The number of nitrogens with zero attached hydrogens (tertiary/aromatic N) is 1. The van der Waals surface area contributed by atoms with Gasteiger partial charge in [-0.15, -0.1) is 0 Å². The summed E-state index contributed by atoms with van der Waals surface area (Å²) in [5.41, 5.74) is 4.44. The van der Waals surface area contributed by atoms with Crippen LogP contribution in [0.2, 0.25) is 0 Å². The van der Waals surface area contributed by atoms with Crippen molar-refractivity contribution in [1.29, 1.82) is 0 Å². The van der Waals surface area contributed by atoms with Crippen molar-refractivity contribution in [2.45, 2.75) is 20.4 Å². The van der Waals surface area contributed by atoms with Gasteiger partial charge in [-0.25, -0.2) is 0 Å². The summed E-state index contributed by atoms with van der Waals surface area (Å²) in [5, 5.41) is 0. The van der Waals surface area contributed by atoms with Crippen molar-refractivity contribution in [2.75, 3.05) is 6.61 Å². The minimum Gasteiger partial charge on any atom is -0.485 e. The Morgan fingerprint density at radius 1 is 1.04 bits per heavy atom. The van der Waals surface area contributed by atoms with Crippen LogP contribution >= 0.6 is 0 Å². The number of aldehydes is 1. The Bertz CT molecular complexity index is 909. The molecule has 132 valence electrons. The molecule has 4 nitrogen and oxygen atoms in total. The molecular formula is C22H21NO3. The van der Waals surface area contributed by atoms with Crippen LogP contribution in [0.3, 0.4) is 0 Å². The Kier molecular flexibility index (Phi) is 5.32. The maximum atomic E-state index is 12.6. The molecule has 0 saturated carbocycles. The molecule has 26 heavy (non-hydrogen) atoms. The van der Waals surface area contributed by atoms with Gasteiger partial charge in [0.25, 0.3) is 0 Å². The third-order valence-electron chi connectivity index (χ3n) is 4.44.